The number of hydrogen-bond donors (Lipinski definition) is 1. The number of nitrogens with one attached hydrogen (secondary N) is 1. The number of nitrogens with zero attached hydrogens (tertiary/aromatic N) is 1. The van der Waals surface area contributed by atoms with Crippen LogP contribution in [0.5, 0.6) is 0 Å². The van der Waals surface area contributed by atoms with Crippen molar-refractivity contribution in [2.75, 3.05) is 19.6 Å². The van der Waals surface area contributed by atoms with Gasteiger partial charge in [-0.1, -0.05) is 43.3 Å². The van der Waals surface area contributed by atoms with Crippen molar-refractivity contribution in [1.29, 1.82) is 0 Å². The van der Waals surface area contributed by atoms with Crippen molar-refractivity contribution in [3.63, 3.8) is 0 Å². The van der Waals surface area contributed by atoms with Gasteiger partial charge in [-0.15, -0.1) is 11.8 Å². The first-order valence-electron chi connectivity index (χ1n) is 10.5. The summed E-state index contributed by atoms with van der Waals surface area (Å²) in [5.74, 6) is 0.715. The molecule has 2 aliphatic rings. The molecule has 0 saturated carbocycles. The summed E-state index contributed by atoms with van der Waals surface area (Å²) >= 11 is 1.99. The highest BCUT2D eigenvalue weighted by Gasteiger charge is 2.26. The Labute approximate surface area is 172 Å². The van der Waals surface area contributed by atoms with Crippen LogP contribution in [0.25, 0.3) is 0 Å². The van der Waals surface area contributed by atoms with Crippen molar-refractivity contribution in [2.24, 2.45) is 0 Å². The summed E-state index contributed by atoms with van der Waals surface area (Å²) in [6.07, 6.45) is 6.77. The molecule has 1 N–H and O–H groups in total. The van der Waals surface area contributed by atoms with Crippen LogP contribution in [0.3, 0.4) is 0 Å². The van der Waals surface area contributed by atoms with E-state index in [0.717, 1.165) is 30.6 Å². The zero-order valence-corrected chi connectivity index (χ0v) is 17.7. The topological polar surface area (TPSA) is 36.1 Å². The van der Waals surface area contributed by atoms with Gasteiger partial charge in [0, 0.05) is 23.1 Å². The van der Waals surface area contributed by atoms with Crippen molar-refractivity contribution < 1.29 is 0 Å². The molecule has 1 unspecified atom stereocenters. The van der Waals surface area contributed by atoms with Gasteiger partial charge in [-0.05, 0) is 73.7 Å². The zero-order valence-electron chi connectivity index (χ0n) is 16.9. The Morgan fingerprint density at radius 2 is 1.93 bits per heavy atom. The molecule has 0 spiro atoms. The molecule has 1 aromatic heterocycles. The Morgan fingerprint density at radius 1 is 1.18 bits per heavy atom. The smallest absolute Gasteiger partial charge is 0.251 e. The maximum Gasteiger partial charge on any atom is 0.251 e. The van der Waals surface area contributed by atoms with Gasteiger partial charge in [0.2, 0.25) is 0 Å². The number of H-pyrrole nitrogens is 1. The summed E-state index contributed by atoms with van der Waals surface area (Å²) in [5, 5.41) is 0.444. The fourth-order valence-electron chi connectivity index (χ4n) is 4.46. The molecule has 4 heteroatoms. The third-order valence-corrected chi connectivity index (χ3v) is 7.50. The molecule has 1 aromatic carbocycles. The molecule has 0 aliphatic carbocycles. The molecule has 0 bridgehead atoms. The lowest BCUT2D eigenvalue weighted by Crippen LogP contribution is -2.33. The van der Waals surface area contributed by atoms with Gasteiger partial charge >= 0.3 is 0 Å². The highest BCUT2D eigenvalue weighted by atomic mass is 32.2. The quantitative estimate of drug-likeness (QED) is 0.758. The second-order valence-electron chi connectivity index (χ2n) is 8.03. The Hall–Kier alpha value is -1.78. The van der Waals surface area contributed by atoms with E-state index < -0.39 is 0 Å². The molecular weight excluding hydrogens is 364 g/mol. The van der Waals surface area contributed by atoms with Gasteiger partial charge in [-0.25, -0.2) is 0 Å². The van der Waals surface area contributed by atoms with Gasteiger partial charge in [-0.2, -0.15) is 0 Å². The minimum absolute atomic E-state index is 0.0706. The van der Waals surface area contributed by atoms with Crippen LogP contribution in [-0.4, -0.2) is 29.5 Å². The molecule has 2 aromatic rings. The van der Waals surface area contributed by atoms with Crippen LogP contribution in [0, 0.1) is 6.92 Å². The first-order valence-corrected chi connectivity index (χ1v) is 11.4. The Bertz CT molecular complexity index is 895. The van der Waals surface area contributed by atoms with Crippen LogP contribution >= 0.6 is 11.8 Å². The summed E-state index contributed by atoms with van der Waals surface area (Å²) in [5.41, 5.74) is 4.80. The fraction of sp³-hybridized carbons (Fsp3) is 0.458. The summed E-state index contributed by atoms with van der Waals surface area (Å²) in [7, 11) is 0. The molecule has 4 rings (SSSR count). The number of allylic oxidation sites excluding steroid dienone is 1. The van der Waals surface area contributed by atoms with Gasteiger partial charge < -0.3 is 4.98 Å². The molecule has 2 aliphatic heterocycles. The average molecular weight is 395 g/mol. The Kier molecular flexibility index (Phi) is 6.07. The second-order valence-corrected chi connectivity index (χ2v) is 9.36. The molecule has 1 saturated heterocycles. The minimum Gasteiger partial charge on any atom is -0.326 e. The summed E-state index contributed by atoms with van der Waals surface area (Å²) in [4.78, 5) is 19.2. The van der Waals surface area contributed by atoms with Crippen LogP contribution < -0.4 is 5.56 Å². The van der Waals surface area contributed by atoms with Gasteiger partial charge in [0.15, 0.2) is 0 Å². The second kappa shape index (κ2) is 8.71. The highest BCUT2D eigenvalue weighted by molar-refractivity contribution is 8.03. The predicted molar refractivity (Wildman–Crippen MR) is 119 cm³/mol. The lowest BCUT2D eigenvalue weighted by molar-refractivity contribution is 0.231. The number of aryl methyl sites for hydroxylation is 2. The molecule has 0 amide bonds. The summed E-state index contributed by atoms with van der Waals surface area (Å²) in [6.45, 7) is 7.52. The van der Waals surface area contributed by atoms with E-state index in [2.05, 4.69) is 52.4 Å². The number of pyridine rings is 1. The third kappa shape index (κ3) is 4.28. The van der Waals surface area contributed by atoms with Crippen LogP contribution in [0.1, 0.15) is 59.7 Å². The van der Waals surface area contributed by atoms with Gasteiger partial charge in [0.1, 0.15) is 0 Å². The monoisotopic (exact) mass is 394 g/mol. The largest absolute Gasteiger partial charge is 0.326 e. The van der Waals surface area contributed by atoms with Crippen molar-refractivity contribution in [1.82, 2.24) is 9.88 Å². The number of hydrogen-bond acceptors (Lipinski definition) is 3. The van der Waals surface area contributed by atoms with Gasteiger partial charge in [-0.3, -0.25) is 9.69 Å². The van der Waals surface area contributed by atoms with E-state index in [1.54, 1.807) is 0 Å². The van der Waals surface area contributed by atoms with E-state index >= 15 is 0 Å². The molecule has 1 fully saturated rings. The number of benzene rings is 1. The zero-order chi connectivity index (χ0) is 19.5. The predicted octanol–water partition coefficient (Wildman–Crippen LogP) is 5.19. The van der Waals surface area contributed by atoms with Crippen molar-refractivity contribution in [3.05, 3.63) is 80.1 Å². The highest BCUT2D eigenvalue weighted by Crippen LogP contribution is 2.45. The molecule has 28 heavy (non-hydrogen) atoms. The van der Waals surface area contributed by atoms with Gasteiger partial charge in [0.25, 0.3) is 5.56 Å². The van der Waals surface area contributed by atoms with E-state index in [0.29, 0.717) is 11.2 Å². The van der Waals surface area contributed by atoms with E-state index in [1.165, 1.54) is 42.0 Å². The number of aromatic amines is 1. The lowest BCUT2D eigenvalue weighted by Gasteiger charge is -2.32. The Balaban J connectivity index is 1.33. The van der Waals surface area contributed by atoms with Crippen LogP contribution in [0.2, 0.25) is 0 Å². The Morgan fingerprint density at radius 3 is 2.64 bits per heavy atom. The SMILES string of the molecule is CCc1cc(C2CC=C(CN3CCC(c4ccccc4)CC3)S2)c(C)[nH]c1=O. The third-order valence-electron chi connectivity index (χ3n) is 6.17. The van der Waals surface area contributed by atoms with Crippen molar-refractivity contribution in [3.8, 4) is 0 Å². The van der Waals surface area contributed by atoms with Crippen LogP contribution in [-0.2, 0) is 6.42 Å². The number of piperidine rings is 1. The number of rotatable bonds is 5. The first kappa shape index (κ1) is 19.5. The van der Waals surface area contributed by atoms with Crippen LogP contribution in [0.4, 0.5) is 0 Å². The van der Waals surface area contributed by atoms with Crippen molar-refractivity contribution in [2.45, 2.75) is 50.7 Å². The fourth-order valence-corrected chi connectivity index (χ4v) is 5.84. The normalized spacial score (nSPS) is 21.1. The number of likely N-dealkylation sites (tertiary alicyclic amines) is 1. The van der Waals surface area contributed by atoms with Crippen LogP contribution in [0.15, 0.2) is 52.2 Å². The molecule has 148 valence electrons. The van der Waals surface area contributed by atoms with E-state index in [9.17, 15) is 4.79 Å². The summed E-state index contributed by atoms with van der Waals surface area (Å²) < 4.78 is 0. The number of thioether (sulfide) groups is 1. The maximum absolute atomic E-state index is 12.0. The molecular formula is C24H30N2OS. The maximum atomic E-state index is 12.0. The standard InChI is InChI=1S/C24H30N2OS/c1-3-18-15-22(17(2)25-24(18)27)23-10-9-21(28-23)16-26-13-11-20(12-14-26)19-7-5-4-6-8-19/h4-9,15,20,23H,3,10-14,16H2,1-2H3,(H,25,27). The first-order chi connectivity index (χ1) is 13.6. The molecule has 0 radical (unpaired) electrons. The average Bonchev–Trinajstić information content (AvgIpc) is 3.17. The minimum atomic E-state index is 0.0706. The van der Waals surface area contributed by atoms with E-state index in [4.69, 9.17) is 0 Å². The number of aromatic nitrogens is 1. The van der Waals surface area contributed by atoms with E-state index in [1.807, 2.05) is 25.6 Å². The van der Waals surface area contributed by atoms with Gasteiger partial charge in [0.05, 0.1) is 0 Å². The lowest BCUT2D eigenvalue weighted by atomic mass is 9.89. The summed E-state index contributed by atoms with van der Waals surface area (Å²) in [6, 6.07) is 13.1. The molecule has 3 heterocycles. The van der Waals surface area contributed by atoms with Crippen molar-refractivity contribution >= 4 is 11.8 Å². The van der Waals surface area contributed by atoms with E-state index in [-0.39, 0.29) is 5.56 Å². The molecule has 3 nitrogen and oxygen atoms in total. The molecule has 1 atom stereocenters.